The Morgan fingerprint density at radius 1 is 1.13 bits per heavy atom. The largest absolute Gasteiger partial charge is 0.534 e. The highest BCUT2D eigenvalue weighted by Crippen LogP contribution is 2.30. The van der Waals surface area contributed by atoms with Gasteiger partial charge in [0, 0.05) is 17.7 Å². The average molecular weight is 498 g/mol. The lowest BCUT2D eigenvalue weighted by atomic mass is 10.0. The van der Waals surface area contributed by atoms with Crippen molar-refractivity contribution in [1.82, 2.24) is 5.32 Å². The predicted molar refractivity (Wildman–Crippen MR) is 110 cm³/mol. The molecule has 2 rings (SSSR count). The smallest absolute Gasteiger partial charge is 0.467 e. The van der Waals surface area contributed by atoms with Crippen LogP contribution in [-0.2, 0) is 26.1 Å². The van der Waals surface area contributed by atoms with Crippen LogP contribution < -0.4 is 9.50 Å². The first-order chi connectivity index (χ1) is 14.4. The Morgan fingerprint density at radius 3 is 2.16 bits per heavy atom. The van der Waals surface area contributed by atoms with E-state index in [-0.39, 0.29) is 12.1 Å². The van der Waals surface area contributed by atoms with E-state index in [1.165, 1.54) is 19.2 Å². The fourth-order valence-electron chi connectivity index (χ4n) is 2.49. The first-order valence-electron chi connectivity index (χ1n) is 8.43. The maximum absolute atomic E-state index is 12.4. The molecule has 0 unspecified atom stereocenters. The van der Waals surface area contributed by atoms with E-state index in [1.807, 2.05) is 0 Å². The Labute approximate surface area is 186 Å². The Bertz CT molecular complexity index is 1050. The van der Waals surface area contributed by atoms with Crippen LogP contribution >= 0.6 is 23.2 Å². The molecule has 0 saturated carbocycles. The molecule has 0 heterocycles. The number of alkyl halides is 3. The van der Waals surface area contributed by atoms with E-state index in [0.717, 1.165) is 12.1 Å². The van der Waals surface area contributed by atoms with Crippen molar-refractivity contribution >= 4 is 45.0 Å². The molecule has 31 heavy (non-hydrogen) atoms. The summed E-state index contributed by atoms with van der Waals surface area (Å²) in [4.78, 5) is 12.2. The third kappa shape index (κ3) is 6.28. The SMILES string of the molecule is C=C(N[C@@H](Cc1ccc(OS(=O)(=O)C(F)(F)F)cc1)C(=O)OC)c1c(Cl)cccc1Cl. The molecule has 0 aromatic heterocycles. The van der Waals surface area contributed by atoms with Gasteiger partial charge in [-0.15, -0.1) is 0 Å². The van der Waals surface area contributed by atoms with Crippen LogP contribution in [0, 0.1) is 0 Å². The van der Waals surface area contributed by atoms with Crippen molar-refractivity contribution in [2.75, 3.05) is 7.11 Å². The van der Waals surface area contributed by atoms with Crippen molar-refractivity contribution in [1.29, 1.82) is 0 Å². The van der Waals surface area contributed by atoms with E-state index in [2.05, 4.69) is 16.1 Å². The molecule has 0 aliphatic rings. The minimum Gasteiger partial charge on any atom is -0.467 e. The number of nitrogens with one attached hydrogen (secondary N) is 1. The van der Waals surface area contributed by atoms with Gasteiger partial charge in [-0.3, -0.25) is 0 Å². The van der Waals surface area contributed by atoms with Gasteiger partial charge in [0.1, 0.15) is 11.8 Å². The maximum atomic E-state index is 12.4. The summed E-state index contributed by atoms with van der Waals surface area (Å²) < 4.78 is 68.2. The monoisotopic (exact) mass is 497 g/mol. The van der Waals surface area contributed by atoms with Gasteiger partial charge in [0.15, 0.2) is 0 Å². The molecule has 168 valence electrons. The summed E-state index contributed by atoms with van der Waals surface area (Å²) in [6, 6.07) is 8.57. The number of benzene rings is 2. The quantitative estimate of drug-likeness (QED) is 0.327. The molecule has 0 aliphatic heterocycles. The second-order valence-corrected chi connectivity index (χ2v) is 8.48. The number of halogens is 5. The number of methoxy groups -OCH3 is 1. The molecular weight excluding hydrogens is 482 g/mol. The number of rotatable bonds is 8. The Morgan fingerprint density at radius 2 is 1.68 bits per heavy atom. The number of ether oxygens (including phenoxy) is 1. The van der Waals surface area contributed by atoms with Gasteiger partial charge in [0.05, 0.1) is 17.2 Å². The van der Waals surface area contributed by atoms with Gasteiger partial charge in [0.2, 0.25) is 0 Å². The van der Waals surface area contributed by atoms with Gasteiger partial charge in [0.25, 0.3) is 0 Å². The number of carbonyl (C=O) groups excluding carboxylic acids is 1. The summed E-state index contributed by atoms with van der Waals surface area (Å²) in [7, 11) is -4.60. The molecule has 1 atom stereocenters. The zero-order valence-corrected chi connectivity index (χ0v) is 18.2. The number of carbonyl (C=O) groups is 1. The van der Waals surface area contributed by atoms with E-state index < -0.39 is 33.4 Å². The molecule has 0 radical (unpaired) electrons. The topological polar surface area (TPSA) is 81.7 Å². The van der Waals surface area contributed by atoms with E-state index >= 15 is 0 Å². The van der Waals surface area contributed by atoms with E-state index in [0.29, 0.717) is 21.2 Å². The van der Waals surface area contributed by atoms with Crippen molar-refractivity contribution < 1.29 is 35.3 Å². The minimum absolute atomic E-state index is 0.0278. The molecule has 6 nitrogen and oxygen atoms in total. The lowest BCUT2D eigenvalue weighted by Gasteiger charge is -2.21. The standard InChI is InChI=1S/C19H16Cl2F3NO5S/c1-11(17-14(20)4-3-5-15(17)21)25-16(18(26)29-2)10-12-6-8-13(9-7-12)30-31(27,28)19(22,23)24/h3-9,16,25H,1,10H2,2H3/t16-/m0/s1. The molecule has 0 saturated heterocycles. The zero-order valence-electron chi connectivity index (χ0n) is 15.9. The summed E-state index contributed by atoms with van der Waals surface area (Å²) in [6.45, 7) is 3.84. The van der Waals surface area contributed by atoms with Gasteiger partial charge in [-0.25, -0.2) is 4.79 Å². The molecule has 2 aromatic rings. The van der Waals surface area contributed by atoms with Crippen LogP contribution in [0.5, 0.6) is 5.75 Å². The zero-order chi connectivity index (χ0) is 23.4. The van der Waals surface area contributed by atoms with Crippen LogP contribution in [0.3, 0.4) is 0 Å². The molecular formula is C19H16Cl2F3NO5S. The minimum atomic E-state index is -5.78. The maximum Gasteiger partial charge on any atom is 0.534 e. The molecule has 12 heteroatoms. The Hall–Kier alpha value is -2.43. The van der Waals surface area contributed by atoms with Crippen molar-refractivity contribution in [3.05, 3.63) is 70.2 Å². The van der Waals surface area contributed by atoms with Crippen molar-refractivity contribution in [2.24, 2.45) is 0 Å². The van der Waals surface area contributed by atoms with Crippen molar-refractivity contribution in [3.8, 4) is 5.75 Å². The van der Waals surface area contributed by atoms with Gasteiger partial charge in [-0.05, 0) is 29.8 Å². The molecule has 0 spiro atoms. The lowest BCUT2D eigenvalue weighted by Crippen LogP contribution is -2.38. The van der Waals surface area contributed by atoms with Gasteiger partial charge < -0.3 is 14.2 Å². The van der Waals surface area contributed by atoms with Crippen LogP contribution in [0.4, 0.5) is 13.2 Å². The second-order valence-electron chi connectivity index (χ2n) is 6.13. The third-order valence-corrected chi connectivity index (χ3v) is 5.56. The van der Waals surface area contributed by atoms with E-state index in [9.17, 15) is 26.4 Å². The highest BCUT2D eigenvalue weighted by Gasteiger charge is 2.48. The fraction of sp³-hybridized carbons (Fsp3) is 0.211. The van der Waals surface area contributed by atoms with Crippen LogP contribution in [0.1, 0.15) is 11.1 Å². The van der Waals surface area contributed by atoms with Gasteiger partial charge in [-0.1, -0.05) is 48.0 Å². The van der Waals surface area contributed by atoms with Crippen LogP contribution in [-0.4, -0.2) is 33.0 Å². The van der Waals surface area contributed by atoms with Crippen LogP contribution in [0.25, 0.3) is 5.70 Å². The van der Waals surface area contributed by atoms with E-state index in [1.54, 1.807) is 18.2 Å². The Kier molecular flexibility index (Phi) is 7.85. The van der Waals surface area contributed by atoms with Crippen molar-refractivity contribution in [3.63, 3.8) is 0 Å². The number of esters is 1. The van der Waals surface area contributed by atoms with E-state index in [4.69, 9.17) is 27.9 Å². The summed E-state index contributed by atoms with van der Waals surface area (Å²) >= 11 is 12.3. The first kappa shape index (κ1) is 24.8. The predicted octanol–water partition coefficient (Wildman–Crippen LogP) is 4.57. The fourth-order valence-corrected chi connectivity index (χ4v) is 3.58. The summed E-state index contributed by atoms with van der Waals surface area (Å²) in [6.07, 6.45) is 0.0278. The first-order valence-corrected chi connectivity index (χ1v) is 10.6. The van der Waals surface area contributed by atoms with Crippen LogP contribution in [0.15, 0.2) is 49.0 Å². The van der Waals surface area contributed by atoms with Crippen molar-refractivity contribution in [2.45, 2.75) is 18.0 Å². The number of hydrogen-bond donors (Lipinski definition) is 1. The van der Waals surface area contributed by atoms with Gasteiger partial charge in [-0.2, -0.15) is 21.6 Å². The Balaban J connectivity index is 2.18. The molecule has 0 amide bonds. The third-order valence-electron chi connectivity index (χ3n) is 3.95. The summed E-state index contributed by atoms with van der Waals surface area (Å²) in [5.74, 6) is -1.18. The number of hydrogen-bond acceptors (Lipinski definition) is 6. The normalized spacial score (nSPS) is 12.7. The summed E-state index contributed by atoms with van der Waals surface area (Å²) in [5.41, 5.74) is -4.44. The summed E-state index contributed by atoms with van der Waals surface area (Å²) in [5, 5.41) is 3.49. The highest BCUT2D eigenvalue weighted by molar-refractivity contribution is 7.88. The second kappa shape index (κ2) is 9.80. The molecule has 0 aliphatic carbocycles. The molecule has 0 bridgehead atoms. The lowest BCUT2D eigenvalue weighted by molar-refractivity contribution is -0.142. The average Bonchev–Trinajstić information content (AvgIpc) is 2.67. The molecule has 1 N–H and O–H groups in total. The molecule has 0 fully saturated rings. The van der Waals surface area contributed by atoms with Crippen LogP contribution in [0.2, 0.25) is 10.0 Å². The van der Waals surface area contributed by atoms with Gasteiger partial charge >= 0.3 is 21.6 Å². The molecule has 2 aromatic carbocycles. The highest BCUT2D eigenvalue weighted by atomic mass is 35.5.